The number of ether oxygens (including phenoxy) is 1. The number of hydrogen-bond donors (Lipinski definition) is 0. The molecule has 8 nitrogen and oxygen atoms in total. The molecule has 0 radical (unpaired) electrons. The second-order valence-corrected chi connectivity index (χ2v) is 19.0. The van der Waals surface area contributed by atoms with E-state index in [1.54, 1.807) is 0 Å². The molecule has 4 rings (SSSR count). The lowest BCUT2D eigenvalue weighted by Gasteiger charge is -2.50. The first-order valence-electron chi connectivity index (χ1n) is 14.6. The monoisotopic (exact) mass is 689 g/mol. The summed E-state index contributed by atoms with van der Waals surface area (Å²) in [4.78, 5) is 31.5. The highest BCUT2D eigenvalue weighted by Crippen LogP contribution is 2.44. The van der Waals surface area contributed by atoms with Crippen LogP contribution < -0.4 is 4.90 Å². The highest BCUT2D eigenvalue weighted by molar-refractivity contribution is 9.10. The second kappa shape index (κ2) is 12.8. The van der Waals surface area contributed by atoms with E-state index in [0.29, 0.717) is 27.5 Å². The predicted molar refractivity (Wildman–Crippen MR) is 170 cm³/mol. The Labute approximate surface area is 261 Å². The Morgan fingerprint density at radius 3 is 2.41 bits per heavy atom. The van der Waals surface area contributed by atoms with Gasteiger partial charge in [-0.3, -0.25) is 4.90 Å². The van der Waals surface area contributed by atoms with E-state index in [0.717, 1.165) is 36.7 Å². The fourth-order valence-electron chi connectivity index (χ4n) is 6.31. The minimum absolute atomic E-state index is 0.0833. The molecule has 2 saturated heterocycles. The van der Waals surface area contributed by atoms with Gasteiger partial charge in [-0.25, -0.2) is 24.1 Å². The normalized spacial score (nSPS) is 22.0. The van der Waals surface area contributed by atoms with Crippen molar-refractivity contribution in [3.05, 3.63) is 15.6 Å². The molecule has 0 unspecified atom stereocenters. The van der Waals surface area contributed by atoms with Gasteiger partial charge >= 0.3 is 6.09 Å². The number of hydrogen-bond acceptors (Lipinski definition) is 8. The lowest BCUT2D eigenvalue weighted by Crippen LogP contribution is -2.66. The van der Waals surface area contributed by atoms with Gasteiger partial charge in [0.2, 0.25) is 0 Å². The number of anilines is 1. The first-order chi connectivity index (χ1) is 19.3. The van der Waals surface area contributed by atoms with E-state index in [1.807, 2.05) is 32.6 Å². The number of fused-ring (bicyclic) bond motifs is 3. The first-order valence-corrected chi connectivity index (χ1v) is 19.3. The molecular formula is C28H42BrClFN5O3SSi. The van der Waals surface area contributed by atoms with Crippen LogP contribution in [0, 0.1) is 5.82 Å². The number of amides is 1. The Balaban J connectivity index is 1.89. The molecule has 2 fully saturated rings. The van der Waals surface area contributed by atoms with Crippen LogP contribution in [0.5, 0.6) is 0 Å². The molecule has 0 aromatic carbocycles. The van der Waals surface area contributed by atoms with Gasteiger partial charge in [-0.2, -0.15) is 0 Å². The number of piperazine rings is 1. The van der Waals surface area contributed by atoms with Crippen molar-refractivity contribution in [3.63, 3.8) is 0 Å². The van der Waals surface area contributed by atoms with Crippen molar-refractivity contribution < 1.29 is 18.3 Å². The summed E-state index contributed by atoms with van der Waals surface area (Å²) >= 11 is 11.1. The van der Waals surface area contributed by atoms with Gasteiger partial charge < -0.3 is 14.1 Å². The van der Waals surface area contributed by atoms with Crippen LogP contribution in [0.1, 0.15) is 68.2 Å². The lowest BCUT2D eigenvalue weighted by atomic mass is 9.97. The van der Waals surface area contributed by atoms with Gasteiger partial charge in [0.15, 0.2) is 24.4 Å². The van der Waals surface area contributed by atoms with E-state index >= 15 is 4.39 Å². The maximum Gasteiger partial charge on any atom is 0.410 e. The summed E-state index contributed by atoms with van der Waals surface area (Å²) in [6, 6.07) is 2.54. The van der Waals surface area contributed by atoms with Crippen molar-refractivity contribution in [2.45, 2.75) is 121 Å². The Bertz CT molecular complexity index is 1280. The van der Waals surface area contributed by atoms with Crippen LogP contribution in [-0.2, 0) is 9.16 Å². The van der Waals surface area contributed by atoms with Crippen LogP contribution in [0.2, 0.25) is 23.3 Å². The van der Waals surface area contributed by atoms with E-state index < -0.39 is 19.7 Å². The number of rotatable bonds is 9. The summed E-state index contributed by atoms with van der Waals surface area (Å²) < 4.78 is 28.8. The van der Waals surface area contributed by atoms with Gasteiger partial charge in [-0.05, 0) is 80.4 Å². The van der Waals surface area contributed by atoms with Gasteiger partial charge in [-0.1, -0.05) is 51.1 Å². The van der Waals surface area contributed by atoms with E-state index in [1.165, 1.54) is 11.8 Å². The fraction of sp³-hybridized carbons (Fsp3) is 0.714. The molecule has 2 bridgehead atoms. The largest absolute Gasteiger partial charge is 0.444 e. The Kier molecular flexibility index (Phi) is 10.2. The molecule has 2 aromatic rings. The molecule has 13 heteroatoms. The van der Waals surface area contributed by atoms with Crippen molar-refractivity contribution in [2.24, 2.45) is 0 Å². The predicted octanol–water partition coefficient (Wildman–Crippen LogP) is 8.06. The van der Waals surface area contributed by atoms with Gasteiger partial charge in [0.25, 0.3) is 0 Å². The minimum Gasteiger partial charge on any atom is -0.444 e. The molecule has 41 heavy (non-hydrogen) atoms. The Hall–Kier alpha value is -1.21. The van der Waals surface area contributed by atoms with Gasteiger partial charge in [0.1, 0.15) is 21.5 Å². The van der Waals surface area contributed by atoms with Crippen LogP contribution in [0.25, 0.3) is 10.9 Å². The molecule has 228 valence electrons. The molecule has 0 aliphatic carbocycles. The third kappa shape index (κ3) is 6.51. The number of halogens is 3. The number of nitrogens with zero attached hydrogens (tertiary/aromatic N) is 5. The van der Waals surface area contributed by atoms with Crippen molar-refractivity contribution in [1.29, 1.82) is 0 Å². The summed E-state index contributed by atoms with van der Waals surface area (Å²) in [5, 5.41) is 0.700. The van der Waals surface area contributed by atoms with E-state index in [2.05, 4.69) is 58.5 Å². The molecule has 4 atom stereocenters. The number of carbonyl (C=O) groups excluding carboxylic acids is 1. The SMILES string of the molecule is CCSc1nc(N2C[C@H]3CC[C@@H]([C@H]2[C@H](C)O[Si](CC)(CC)CC)N3C(=O)OC(C)(C)C)c2c(Br)nc(Cl)c(F)c2n1. The minimum atomic E-state index is -2.01. The van der Waals surface area contributed by atoms with E-state index in [-0.39, 0.29) is 41.0 Å². The fourth-order valence-corrected chi connectivity index (χ4v) is 10.6. The van der Waals surface area contributed by atoms with E-state index in [4.69, 9.17) is 25.7 Å². The quantitative estimate of drug-likeness (QED) is 0.113. The standard InChI is InChI=1S/C28H42BrClFN5O3SSi/c1-9-40-26-32-21-19(23(29)33-24(30)20(21)31)25(34-26)35-15-17-13-14-18(36(17)27(37)38-28(6,7)8)22(35)16(5)39-41(10-2,11-3)12-4/h16-18,22H,9-15H2,1-8H3/t16-,17+,18-,22+/m0/s1. The van der Waals surface area contributed by atoms with Crippen LogP contribution >= 0.6 is 39.3 Å². The van der Waals surface area contributed by atoms with Crippen LogP contribution in [0.4, 0.5) is 15.0 Å². The molecule has 2 aromatic heterocycles. The molecule has 0 N–H and O–H groups in total. The average Bonchev–Trinajstić information content (AvgIpc) is 3.22. The highest BCUT2D eigenvalue weighted by Gasteiger charge is 2.53. The zero-order valence-electron chi connectivity index (χ0n) is 25.3. The van der Waals surface area contributed by atoms with Crippen molar-refractivity contribution in [3.8, 4) is 0 Å². The summed E-state index contributed by atoms with van der Waals surface area (Å²) in [5.41, 5.74) is -0.478. The molecule has 0 saturated carbocycles. The average molecular weight is 691 g/mol. The molecular weight excluding hydrogens is 649 g/mol. The smallest absolute Gasteiger partial charge is 0.410 e. The van der Waals surface area contributed by atoms with Crippen molar-refractivity contribution >= 4 is 70.4 Å². The lowest BCUT2D eigenvalue weighted by molar-refractivity contribution is -0.0000217. The molecule has 2 aliphatic rings. The Morgan fingerprint density at radius 1 is 1.17 bits per heavy atom. The number of thioether (sulfide) groups is 1. The summed E-state index contributed by atoms with van der Waals surface area (Å²) in [6.45, 7) is 16.9. The second-order valence-electron chi connectivity index (χ2n) is 11.9. The number of carbonyl (C=O) groups is 1. The number of aromatic nitrogens is 3. The van der Waals surface area contributed by atoms with Crippen LogP contribution in [0.15, 0.2) is 9.76 Å². The van der Waals surface area contributed by atoms with Gasteiger partial charge in [0.05, 0.1) is 29.6 Å². The first kappa shape index (κ1) is 32.7. The molecule has 0 spiro atoms. The Morgan fingerprint density at radius 2 is 1.83 bits per heavy atom. The van der Waals surface area contributed by atoms with Crippen LogP contribution in [-0.4, -0.2) is 76.4 Å². The molecule has 2 aliphatic heterocycles. The number of pyridine rings is 1. The summed E-state index contributed by atoms with van der Waals surface area (Å²) in [5.74, 6) is 0.640. The molecule has 1 amide bonds. The topological polar surface area (TPSA) is 80.7 Å². The third-order valence-corrected chi connectivity index (χ3v) is 14.7. The van der Waals surface area contributed by atoms with Crippen LogP contribution in [0.3, 0.4) is 0 Å². The van der Waals surface area contributed by atoms with Gasteiger partial charge in [-0.15, -0.1) is 0 Å². The van der Waals surface area contributed by atoms with Gasteiger partial charge in [0, 0.05) is 6.54 Å². The maximum atomic E-state index is 15.4. The summed E-state index contributed by atoms with van der Waals surface area (Å²) in [6.07, 6.45) is 1.13. The third-order valence-electron chi connectivity index (χ3n) is 8.37. The van der Waals surface area contributed by atoms with Crippen molar-refractivity contribution in [2.75, 3.05) is 17.2 Å². The zero-order chi connectivity index (χ0) is 30.3. The zero-order valence-corrected chi connectivity index (χ0v) is 29.4. The highest BCUT2D eigenvalue weighted by atomic mass is 79.9. The van der Waals surface area contributed by atoms with Crippen molar-refractivity contribution in [1.82, 2.24) is 19.9 Å². The molecule has 4 heterocycles. The summed E-state index contributed by atoms with van der Waals surface area (Å²) in [7, 11) is -2.01. The maximum absolute atomic E-state index is 15.4. The van der Waals surface area contributed by atoms with E-state index in [9.17, 15) is 4.79 Å².